The van der Waals surface area contributed by atoms with E-state index in [4.69, 9.17) is 5.11 Å². The van der Waals surface area contributed by atoms with Gasteiger partial charge in [0.15, 0.2) is 0 Å². The van der Waals surface area contributed by atoms with E-state index in [-0.39, 0.29) is 12.6 Å². The number of fused-ring (bicyclic) bond motifs is 1. The molecular formula is C13H18N2O4S. The molecule has 0 fully saturated rings. The van der Waals surface area contributed by atoms with Crippen molar-refractivity contribution in [1.82, 2.24) is 5.32 Å². The van der Waals surface area contributed by atoms with Gasteiger partial charge in [0.05, 0.1) is 11.9 Å². The number of benzene rings is 1. The van der Waals surface area contributed by atoms with Gasteiger partial charge in [0.25, 0.3) is 0 Å². The Labute approximate surface area is 118 Å². The van der Waals surface area contributed by atoms with Crippen molar-refractivity contribution in [3.8, 4) is 0 Å². The van der Waals surface area contributed by atoms with Crippen LogP contribution in [0.1, 0.15) is 12.5 Å². The molecule has 2 N–H and O–H groups in total. The van der Waals surface area contributed by atoms with Crippen molar-refractivity contribution in [3.63, 3.8) is 0 Å². The molecule has 1 unspecified atom stereocenters. The fourth-order valence-corrected chi connectivity index (χ4v) is 3.39. The molecule has 0 aromatic heterocycles. The highest BCUT2D eigenvalue weighted by molar-refractivity contribution is 7.92. The summed E-state index contributed by atoms with van der Waals surface area (Å²) in [5.74, 6) is -0.949. The third kappa shape index (κ3) is 3.10. The van der Waals surface area contributed by atoms with Crippen LogP contribution < -0.4 is 9.62 Å². The first-order valence-electron chi connectivity index (χ1n) is 6.33. The summed E-state index contributed by atoms with van der Waals surface area (Å²) in [6.45, 7) is 1.79. The number of rotatable bonds is 4. The highest BCUT2D eigenvalue weighted by Gasteiger charge is 2.30. The number of hydrogen-bond donors (Lipinski definition) is 2. The van der Waals surface area contributed by atoms with Crippen LogP contribution in [-0.4, -0.2) is 44.4 Å². The number of aliphatic carboxylic acids is 1. The molecule has 1 aromatic rings. The predicted octanol–water partition coefficient (Wildman–Crippen LogP) is 0.440. The third-order valence-electron chi connectivity index (χ3n) is 3.37. The first kappa shape index (κ1) is 14.8. The highest BCUT2D eigenvalue weighted by Crippen LogP contribution is 2.28. The minimum absolute atomic E-state index is 0.217. The Morgan fingerprint density at radius 2 is 2.10 bits per heavy atom. The largest absolute Gasteiger partial charge is 0.480 e. The minimum Gasteiger partial charge on any atom is -0.480 e. The third-order valence-corrected chi connectivity index (χ3v) is 4.52. The van der Waals surface area contributed by atoms with E-state index >= 15 is 0 Å². The van der Waals surface area contributed by atoms with E-state index in [1.165, 1.54) is 4.31 Å². The van der Waals surface area contributed by atoms with Crippen molar-refractivity contribution in [1.29, 1.82) is 0 Å². The second-order valence-electron chi connectivity index (χ2n) is 5.05. The molecular weight excluding hydrogens is 280 g/mol. The van der Waals surface area contributed by atoms with Crippen LogP contribution in [0.15, 0.2) is 24.3 Å². The lowest BCUT2D eigenvalue weighted by Gasteiger charge is -2.35. The van der Waals surface area contributed by atoms with Gasteiger partial charge in [-0.05, 0) is 25.0 Å². The van der Waals surface area contributed by atoms with E-state index in [0.29, 0.717) is 12.1 Å². The van der Waals surface area contributed by atoms with Crippen molar-refractivity contribution < 1.29 is 18.3 Å². The fourth-order valence-electron chi connectivity index (χ4n) is 2.41. The van der Waals surface area contributed by atoms with Gasteiger partial charge in [0.1, 0.15) is 6.04 Å². The second-order valence-corrected chi connectivity index (χ2v) is 6.96. The van der Waals surface area contributed by atoms with Crippen LogP contribution in [0.3, 0.4) is 0 Å². The number of hydrogen-bond acceptors (Lipinski definition) is 4. The Bertz CT molecular complexity index is 615. The average Bonchev–Trinajstić information content (AvgIpc) is 2.36. The van der Waals surface area contributed by atoms with Gasteiger partial charge in [-0.2, -0.15) is 0 Å². The lowest BCUT2D eigenvalue weighted by molar-refractivity contribution is -0.139. The quantitative estimate of drug-likeness (QED) is 0.842. The van der Waals surface area contributed by atoms with Crippen molar-refractivity contribution in [2.24, 2.45) is 0 Å². The number of para-hydroxylation sites is 1. The molecule has 0 saturated carbocycles. The molecule has 2 rings (SSSR count). The molecule has 7 heteroatoms. The molecule has 0 amide bonds. The van der Waals surface area contributed by atoms with Crippen LogP contribution in [0, 0.1) is 0 Å². The molecule has 0 radical (unpaired) electrons. The maximum absolute atomic E-state index is 11.9. The number of sulfonamides is 1. The lowest BCUT2D eigenvalue weighted by atomic mass is 9.99. The number of nitrogens with one attached hydrogen (secondary N) is 1. The molecule has 1 heterocycles. The van der Waals surface area contributed by atoms with Gasteiger partial charge in [0.2, 0.25) is 10.0 Å². The van der Waals surface area contributed by atoms with Gasteiger partial charge in [-0.25, -0.2) is 8.42 Å². The van der Waals surface area contributed by atoms with Crippen LogP contribution in [0.4, 0.5) is 5.69 Å². The summed E-state index contributed by atoms with van der Waals surface area (Å²) in [5, 5.41) is 11.9. The number of nitrogens with zero attached hydrogens (tertiary/aromatic N) is 1. The second kappa shape index (κ2) is 5.41. The monoisotopic (exact) mass is 298 g/mol. The SMILES string of the molecule is CC(N[C@@H]1Cc2ccccc2N(S(C)(=O)=O)C1)C(=O)O. The number of carboxylic acids is 1. The van der Waals surface area contributed by atoms with Crippen LogP contribution in [0.2, 0.25) is 0 Å². The van der Waals surface area contributed by atoms with E-state index in [2.05, 4.69) is 5.32 Å². The molecule has 1 aliphatic rings. The maximum Gasteiger partial charge on any atom is 0.320 e. The van der Waals surface area contributed by atoms with Crippen LogP contribution in [0.25, 0.3) is 0 Å². The lowest BCUT2D eigenvalue weighted by Crippen LogP contribution is -2.52. The fraction of sp³-hybridized carbons (Fsp3) is 0.462. The molecule has 1 aliphatic heterocycles. The topological polar surface area (TPSA) is 86.7 Å². The summed E-state index contributed by atoms with van der Waals surface area (Å²) in [6.07, 6.45) is 1.77. The van der Waals surface area contributed by atoms with E-state index in [1.54, 1.807) is 19.1 Å². The average molecular weight is 298 g/mol. The smallest absolute Gasteiger partial charge is 0.320 e. The van der Waals surface area contributed by atoms with Crippen molar-refractivity contribution >= 4 is 21.7 Å². The van der Waals surface area contributed by atoms with Crippen LogP contribution >= 0.6 is 0 Å². The van der Waals surface area contributed by atoms with Gasteiger partial charge in [-0.1, -0.05) is 18.2 Å². The van der Waals surface area contributed by atoms with Crippen LogP contribution in [-0.2, 0) is 21.2 Å². The summed E-state index contributed by atoms with van der Waals surface area (Å²) in [6, 6.07) is 6.35. The number of carboxylic acid groups (broad SMARTS) is 1. The zero-order chi connectivity index (χ0) is 14.9. The Morgan fingerprint density at radius 3 is 2.70 bits per heavy atom. The molecule has 6 nitrogen and oxygen atoms in total. The molecule has 0 spiro atoms. The summed E-state index contributed by atoms with van der Waals surface area (Å²) < 4.78 is 25.1. The van der Waals surface area contributed by atoms with Crippen molar-refractivity contribution in [2.45, 2.75) is 25.4 Å². The van der Waals surface area contributed by atoms with E-state index in [9.17, 15) is 13.2 Å². The molecule has 2 atom stereocenters. The highest BCUT2D eigenvalue weighted by atomic mass is 32.2. The Hall–Kier alpha value is -1.60. The molecule has 110 valence electrons. The van der Waals surface area contributed by atoms with Gasteiger partial charge in [-0.3, -0.25) is 14.4 Å². The number of anilines is 1. The van der Waals surface area contributed by atoms with Gasteiger partial charge in [0, 0.05) is 12.6 Å². The molecule has 0 saturated heterocycles. The minimum atomic E-state index is -3.38. The molecule has 0 bridgehead atoms. The first-order valence-corrected chi connectivity index (χ1v) is 8.18. The summed E-state index contributed by atoms with van der Waals surface area (Å²) in [7, 11) is -3.38. The normalized spacial score (nSPS) is 20.3. The van der Waals surface area contributed by atoms with E-state index in [1.807, 2.05) is 12.1 Å². The summed E-state index contributed by atoms with van der Waals surface area (Å²) >= 11 is 0. The summed E-state index contributed by atoms with van der Waals surface area (Å²) in [5.41, 5.74) is 1.58. The van der Waals surface area contributed by atoms with Crippen molar-refractivity contribution in [2.75, 3.05) is 17.1 Å². The van der Waals surface area contributed by atoms with E-state index in [0.717, 1.165) is 11.8 Å². The van der Waals surface area contributed by atoms with Gasteiger partial charge < -0.3 is 5.11 Å². The Balaban J connectivity index is 2.29. The zero-order valence-electron chi connectivity index (χ0n) is 11.4. The molecule has 1 aromatic carbocycles. The Kier molecular flexibility index (Phi) is 4.01. The Morgan fingerprint density at radius 1 is 1.45 bits per heavy atom. The van der Waals surface area contributed by atoms with Crippen molar-refractivity contribution in [3.05, 3.63) is 29.8 Å². The standard InChI is InChI=1S/C13H18N2O4S/c1-9(13(16)17)14-11-7-10-5-3-4-6-12(10)15(8-11)20(2,18)19/h3-6,9,11,14H,7-8H2,1-2H3,(H,16,17)/t9?,11-/m1/s1. The predicted molar refractivity (Wildman–Crippen MR) is 76.4 cm³/mol. The summed E-state index contributed by atoms with van der Waals surface area (Å²) in [4.78, 5) is 10.9. The molecule has 0 aliphatic carbocycles. The van der Waals surface area contributed by atoms with Gasteiger partial charge in [-0.15, -0.1) is 0 Å². The number of carbonyl (C=O) groups is 1. The van der Waals surface area contributed by atoms with E-state index < -0.39 is 22.0 Å². The zero-order valence-corrected chi connectivity index (χ0v) is 12.2. The maximum atomic E-state index is 11.9. The molecule has 20 heavy (non-hydrogen) atoms. The first-order chi connectivity index (χ1) is 9.29. The van der Waals surface area contributed by atoms with Gasteiger partial charge >= 0.3 is 5.97 Å². The van der Waals surface area contributed by atoms with Crippen LogP contribution in [0.5, 0.6) is 0 Å².